The van der Waals surface area contributed by atoms with E-state index in [1.54, 1.807) is 6.07 Å². The van der Waals surface area contributed by atoms with Crippen molar-refractivity contribution in [2.45, 2.75) is 32.6 Å². The second-order valence-electron chi connectivity index (χ2n) is 5.41. The third kappa shape index (κ3) is 3.23. The topological polar surface area (TPSA) is 35.8 Å². The summed E-state index contributed by atoms with van der Waals surface area (Å²) in [6.45, 7) is 2.91. The van der Waals surface area contributed by atoms with Gasteiger partial charge in [0, 0.05) is 6.54 Å². The Hall–Kier alpha value is -1.63. The molecule has 0 atom stereocenters. The van der Waals surface area contributed by atoms with Gasteiger partial charge in [-0.05, 0) is 36.8 Å². The molecule has 1 saturated carbocycles. The molecule has 0 heterocycles. The molecule has 0 saturated heterocycles. The Kier molecular flexibility index (Phi) is 4.36. The van der Waals surface area contributed by atoms with Crippen LogP contribution in [0, 0.1) is 34.8 Å². The highest BCUT2D eigenvalue weighted by atomic mass is 19.2. The maximum Gasteiger partial charge on any atom is 0.183 e. The zero-order valence-corrected chi connectivity index (χ0v) is 11.0. The molecule has 0 radical (unpaired) electrons. The minimum Gasteiger partial charge on any atom is -0.382 e. The summed E-state index contributed by atoms with van der Waals surface area (Å²) in [5.74, 6) is -0.720. The molecule has 1 aliphatic rings. The normalized spacial score (nSPS) is 22.8. The van der Waals surface area contributed by atoms with Crippen molar-refractivity contribution in [1.82, 2.24) is 0 Å². The summed E-state index contributed by atoms with van der Waals surface area (Å²) >= 11 is 0. The molecule has 1 fully saturated rings. The summed E-state index contributed by atoms with van der Waals surface area (Å²) in [4.78, 5) is 0. The Morgan fingerprint density at radius 2 is 1.89 bits per heavy atom. The van der Waals surface area contributed by atoms with E-state index < -0.39 is 11.6 Å². The number of nitrogens with zero attached hydrogens (tertiary/aromatic N) is 1. The Morgan fingerprint density at radius 3 is 2.53 bits per heavy atom. The molecule has 0 aromatic heterocycles. The lowest BCUT2D eigenvalue weighted by Gasteiger charge is -2.26. The van der Waals surface area contributed by atoms with Gasteiger partial charge in [-0.2, -0.15) is 5.26 Å². The second kappa shape index (κ2) is 6.01. The molecule has 2 rings (SSSR count). The van der Waals surface area contributed by atoms with Crippen LogP contribution < -0.4 is 5.32 Å². The van der Waals surface area contributed by atoms with E-state index in [2.05, 4.69) is 12.2 Å². The van der Waals surface area contributed by atoms with Gasteiger partial charge in [0.05, 0.1) is 11.3 Å². The van der Waals surface area contributed by atoms with Gasteiger partial charge in [0.1, 0.15) is 6.07 Å². The fourth-order valence-electron chi connectivity index (χ4n) is 2.56. The first-order valence-electron chi connectivity index (χ1n) is 6.73. The minimum atomic E-state index is -1.07. The van der Waals surface area contributed by atoms with E-state index >= 15 is 0 Å². The summed E-state index contributed by atoms with van der Waals surface area (Å²) in [5.41, 5.74) is -0.107. The number of hydrogen-bond acceptors (Lipinski definition) is 2. The molecule has 0 bridgehead atoms. The molecular weight excluding hydrogens is 246 g/mol. The van der Waals surface area contributed by atoms with Crippen LogP contribution in [-0.4, -0.2) is 6.54 Å². The summed E-state index contributed by atoms with van der Waals surface area (Å²) in [6.07, 6.45) is 4.68. The molecule has 0 spiro atoms. The largest absolute Gasteiger partial charge is 0.382 e. The average Bonchev–Trinajstić information content (AvgIpc) is 2.42. The SMILES string of the molecule is CC1CCC(CNc2ccc(C#N)c(F)c2F)CC1. The smallest absolute Gasteiger partial charge is 0.183 e. The van der Waals surface area contributed by atoms with Crippen molar-refractivity contribution in [3.05, 3.63) is 29.3 Å². The van der Waals surface area contributed by atoms with E-state index in [-0.39, 0.29) is 11.3 Å². The van der Waals surface area contributed by atoms with Crippen molar-refractivity contribution in [1.29, 1.82) is 5.26 Å². The van der Waals surface area contributed by atoms with Crippen molar-refractivity contribution >= 4 is 5.69 Å². The monoisotopic (exact) mass is 264 g/mol. The number of nitrogens with one attached hydrogen (secondary N) is 1. The predicted molar refractivity (Wildman–Crippen MR) is 70.7 cm³/mol. The van der Waals surface area contributed by atoms with Crippen LogP contribution in [0.25, 0.3) is 0 Å². The van der Waals surface area contributed by atoms with Crippen molar-refractivity contribution in [2.75, 3.05) is 11.9 Å². The zero-order chi connectivity index (χ0) is 13.8. The Labute approximate surface area is 112 Å². The first-order valence-corrected chi connectivity index (χ1v) is 6.73. The summed E-state index contributed by atoms with van der Waals surface area (Å²) in [7, 11) is 0. The lowest BCUT2D eigenvalue weighted by atomic mass is 9.83. The maximum atomic E-state index is 13.7. The first kappa shape index (κ1) is 13.8. The average molecular weight is 264 g/mol. The molecule has 1 aromatic rings. The van der Waals surface area contributed by atoms with Gasteiger partial charge in [0.2, 0.25) is 0 Å². The van der Waals surface area contributed by atoms with Gasteiger partial charge in [-0.1, -0.05) is 19.8 Å². The number of rotatable bonds is 3. The van der Waals surface area contributed by atoms with Crippen LogP contribution in [0.1, 0.15) is 38.2 Å². The van der Waals surface area contributed by atoms with Gasteiger partial charge in [0.25, 0.3) is 0 Å². The highest BCUT2D eigenvalue weighted by molar-refractivity contribution is 5.49. The van der Waals surface area contributed by atoms with E-state index in [0.29, 0.717) is 12.5 Å². The molecule has 1 aromatic carbocycles. The maximum absolute atomic E-state index is 13.7. The third-order valence-corrected chi connectivity index (χ3v) is 3.92. The molecule has 102 valence electrons. The van der Waals surface area contributed by atoms with E-state index in [4.69, 9.17) is 5.26 Å². The van der Waals surface area contributed by atoms with Gasteiger partial charge >= 0.3 is 0 Å². The van der Waals surface area contributed by atoms with Gasteiger partial charge in [-0.15, -0.1) is 0 Å². The van der Waals surface area contributed by atoms with E-state index in [1.165, 1.54) is 25.0 Å². The van der Waals surface area contributed by atoms with Gasteiger partial charge in [-0.25, -0.2) is 8.78 Å². The molecular formula is C15H18F2N2. The van der Waals surface area contributed by atoms with Gasteiger partial charge in [-0.3, -0.25) is 0 Å². The van der Waals surface area contributed by atoms with Crippen molar-refractivity contribution in [3.63, 3.8) is 0 Å². The Morgan fingerprint density at radius 1 is 1.21 bits per heavy atom. The molecule has 0 amide bonds. The number of hydrogen-bond donors (Lipinski definition) is 1. The molecule has 0 unspecified atom stereocenters. The Bertz CT molecular complexity index is 486. The van der Waals surface area contributed by atoms with E-state index in [0.717, 1.165) is 18.8 Å². The number of anilines is 1. The summed E-state index contributed by atoms with van der Waals surface area (Å²) in [6, 6.07) is 4.37. The molecule has 0 aliphatic heterocycles. The lowest BCUT2D eigenvalue weighted by Crippen LogP contribution is -2.20. The quantitative estimate of drug-likeness (QED) is 0.893. The molecule has 1 N–H and O–H groups in total. The standard InChI is InChI=1S/C15H18F2N2/c1-10-2-4-11(5-3-10)9-19-13-7-6-12(8-18)14(16)15(13)17/h6-7,10-11,19H,2-5,9H2,1H3. The molecule has 1 aliphatic carbocycles. The van der Waals surface area contributed by atoms with Crippen LogP contribution in [0.15, 0.2) is 12.1 Å². The molecule has 2 nitrogen and oxygen atoms in total. The Balaban J connectivity index is 1.97. The van der Waals surface area contributed by atoms with Crippen molar-refractivity contribution < 1.29 is 8.78 Å². The van der Waals surface area contributed by atoms with E-state index in [9.17, 15) is 8.78 Å². The highest BCUT2D eigenvalue weighted by Crippen LogP contribution is 2.29. The van der Waals surface area contributed by atoms with Crippen molar-refractivity contribution in [3.8, 4) is 6.07 Å². The second-order valence-corrected chi connectivity index (χ2v) is 5.41. The fourth-order valence-corrected chi connectivity index (χ4v) is 2.56. The van der Waals surface area contributed by atoms with E-state index in [1.807, 2.05) is 0 Å². The first-order chi connectivity index (χ1) is 9.11. The van der Waals surface area contributed by atoms with Crippen LogP contribution in [-0.2, 0) is 0 Å². The predicted octanol–water partition coefficient (Wildman–Crippen LogP) is 4.07. The van der Waals surface area contributed by atoms with Crippen LogP contribution in [0.4, 0.5) is 14.5 Å². The van der Waals surface area contributed by atoms with Crippen LogP contribution >= 0.6 is 0 Å². The zero-order valence-electron chi connectivity index (χ0n) is 11.0. The van der Waals surface area contributed by atoms with Crippen molar-refractivity contribution in [2.24, 2.45) is 11.8 Å². The number of nitriles is 1. The fraction of sp³-hybridized carbons (Fsp3) is 0.533. The summed E-state index contributed by atoms with van der Waals surface area (Å²) in [5, 5.41) is 11.6. The van der Waals surface area contributed by atoms with Crippen LogP contribution in [0.5, 0.6) is 0 Å². The van der Waals surface area contributed by atoms with Gasteiger partial charge < -0.3 is 5.32 Å². The summed E-state index contributed by atoms with van der Waals surface area (Å²) < 4.78 is 27.1. The van der Waals surface area contributed by atoms with Crippen LogP contribution in [0.3, 0.4) is 0 Å². The van der Waals surface area contributed by atoms with Crippen LogP contribution in [0.2, 0.25) is 0 Å². The highest BCUT2D eigenvalue weighted by Gasteiger charge is 2.19. The number of halogens is 2. The lowest BCUT2D eigenvalue weighted by molar-refractivity contribution is 0.300. The molecule has 4 heteroatoms. The number of benzene rings is 1. The molecule has 19 heavy (non-hydrogen) atoms. The minimum absolute atomic E-state index is 0.148. The van der Waals surface area contributed by atoms with Gasteiger partial charge in [0.15, 0.2) is 11.6 Å². The third-order valence-electron chi connectivity index (χ3n) is 3.92.